The van der Waals surface area contributed by atoms with Crippen LogP contribution in [0.15, 0.2) is 30.3 Å². The van der Waals surface area contributed by atoms with Crippen LogP contribution in [0.4, 0.5) is 0 Å². The maximum absolute atomic E-state index is 11.1. The zero-order valence-corrected chi connectivity index (χ0v) is 10.4. The third-order valence-electron chi connectivity index (χ3n) is 2.09. The van der Waals surface area contributed by atoms with Gasteiger partial charge in [-0.3, -0.25) is 9.63 Å². The van der Waals surface area contributed by atoms with Crippen LogP contribution in [0.3, 0.4) is 0 Å². The molecule has 0 fully saturated rings. The number of hydrogen-bond donors (Lipinski definition) is 2. The Labute approximate surface area is 102 Å². The van der Waals surface area contributed by atoms with Crippen molar-refractivity contribution in [1.29, 1.82) is 0 Å². The average Bonchev–Trinajstić information content (AvgIpc) is 2.24. The minimum atomic E-state index is -0.918. The summed E-state index contributed by atoms with van der Waals surface area (Å²) in [6, 6.07) is 8.73. The lowest BCUT2D eigenvalue weighted by molar-refractivity contribution is -0.150. The monoisotopic (exact) mass is 237 g/mol. The smallest absolute Gasteiger partial charge is 0.323 e. The molecule has 0 aromatic heterocycles. The summed E-state index contributed by atoms with van der Waals surface area (Å²) in [6.45, 7) is 5.59. The number of rotatable bonds is 5. The predicted octanol–water partition coefficient (Wildman–Crippen LogP) is 2.00. The maximum Gasteiger partial charge on any atom is 0.323 e. The maximum atomic E-state index is 11.1. The van der Waals surface area contributed by atoms with E-state index in [9.17, 15) is 4.79 Å². The summed E-state index contributed by atoms with van der Waals surface area (Å²) in [7, 11) is 0. The minimum Gasteiger partial charge on any atom is -0.480 e. The topological polar surface area (TPSA) is 58.6 Å². The highest BCUT2D eigenvalue weighted by Crippen LogP contribution is 2.07. The van der Waals surface area contributed by atoms with Crippen LogP contribution in [0.1, 0.15) is 26.3 Å². The molecule has 1 aromatic carbocycles. The van der Waals surface area contributed by atoms with Gasteiger partial charge in [-0.05, 0) is 26.3 Å². The van der Waals surface area contributed by atoms with Crippen molar-refractivity contribution >= 4 is 5.97 Å². The first-order chi connectivity index (χ1) is 7.88. The lowest BCUT2D eigenvalue weighted by Gasteiger charge is -2.23. The second-order valence-corrected chi connectivity index (χ2v) is 4.91. The van der Waals surface area contributed by atoms with Crippen LogP contribution >= 0.6 is 0 Å². The molecule has 0 aliphatic rings. The van der Waals surface area contributed by atoms with Crippen molar-refractivity contribution < 1.29 is 14.7 Å². The van der Waals surface area contributed by atoms with E-state index < -0.39 is 17.6 Å². The molecule has 0 aliphatic heterocycles. The normalized spacial score (nSPS) is 13.4. The van der Waals surface area contributed by atoms with E-state index >= 15 is 0 Å². The van der Waals surface area contributed by atoms with Crippen LogP contribution in [-0.2, 0) is 16.1 Å². The van der Waals surface area contributed by atoms with Crippen molar-refractivity contribution in [2.45, 2.75) is 38.8 Å². The predicted molar refractivity (Wildman–Crippen MR) is 65.5 cm³/mol. The number of carbonyl (C=O) groups is 1. The van der Waals surface area contributed by atoms with Crippen LogP contribution in [0.2, 0.25) is 0 Å². The largest absolute Gasteiger partial charge is 0.480 e. The molecule has 0 heterocycles. The summed E-state index contributed by atoms with van der Waals surface area (Å²) in [5, 5.41) is 9.09. The summed E-state index contributed by atoms with van der Waals surface area (Å²) < 4.78 is 0. The van der Waals surface area contributed by atoms with Crippen LogP contribution in [-0.4, -0.2) is 22.7 Å². The quantitative estimate of drug-likeness (QED) is 0.769. The molecule has 0 amide bonds. The fourth-order valence-corrected chi connectivity index (χ4v) is 1.28. The molecule has 0 aliphatic carbocycles. The Kier molecular flexibility index (Phi) is 4.66. The van der Waals surface area contributed by atoms with E-state index in [0.717, 1.165) is 5.56 Å². The van der Waals surface area contributed by atoms with Crippen molar-refractivity contribution in [3.05, 3.63) is 35.9 Å². The van der Waals surface area contributed by atoms with Gasteiger partial charge in [-0.2, -0.15) is 5.48 Å². The zero-order chi connectivity index (χ0) is 12.9. The number of carboxylic acids is 1. The molecule has 0 saturated carbocycles. The van der Waals surface area contributed by atoms with Gasteiger partial charge in [-0.15, -0.1) is 0 Å². The Morgan fingerprint density at radius 1 is 1.35 bits per heavy atom. The van der Waals surface area contributed by atoms with E-state index in [0.29, 0.717) is 6.42 Å². The van der Waals surface area contributed by atoms with Gasteiger partial charge in [-0.1, -0.05) is 30.3 Å². The van der Waals surface area contributed by atoms with Crippen LogP contribution < -0.4 is 5.48 Å². The first kappa shape index (κ1) is 13.7. The molecule has 17 heavy (non-hydrogen) atoms. The van der Waals surface area contributed by atoms with Gasteiger partial charge in [0.2, 0.25) is 0 Å². The second kappa shape index (κ2) is 5.80. The summed E-state index contributed by atoms with van der Waals surface area (Å²) in [6.07, 6.45) is 0.395. The Hall–Kier alpha value is -1.39. The van der Waals surface area contributed by atoms with Crippen LogP contribution in [0.5, 0.6) is 0 Å². The fraction of sp³-hybridized carbons (Fsp3) is 0.462. The molecule has 4 nitrogen and oxygen atoms in total. The Balaban J connectivity index is 2.59. The summed E-state index contributed by atoms with van der Waals surface area (Å²) >= 11 is 0. The highest BCUT2D eigenvalue weighted by atomic mass is 16.7. The van der Waals surface area contributed by atoms with Gasteiger partial charge in [0.25, 0.3) is 0 Å². The lowest BCUT2D eigenvalue weighted by Crippen LogP contribution is -2.42. The first-order valence-electron chi connectivity index (χ1n) is 5.59. The molecular weight excluding hydrogens is 218 g/mol. The van der Waals surface area contributed by atoms with E-state index in [2.05, 4.69) is 5.48 Å². The van der Waals surface area contributed by atoms with E-state index in [1.165, 1.54) is 0 Å². The van der Waals surface area contributed by atoms with E-state index in [-0.39, 0.29) is 0 Å². The fourth-order valence-electron chi connectivity index (χ4n) is 1.28. The molecule has 0 spiro atoms. The number of aliphatic carboxylic acids is 1. The van der Waals surface area contributed by atoms with Crippen molar-refractivity contribution in [2.75, 3.05) is 0 Å². The highest BCUT2D eigenvalue weighted by Gasteiger charge is 2.21. The Morgan fingerprint density at radius 2 is 1.94 bits per heavy atom. The highest BCUT2D eigenvalue weighted by molar-refractivity contribution is 5.73. The average molecular weight is 237 g/mol. The Bertz CT molecular complexity index is 357. The molecular formula is C13H19NO3. The molecule has 0 bridgehead atoms. The van der Waals surface area contributed by atoms with Crippen molar-refractivity contribution in [1.82, 2.24) is 5.48 Å². The molecule has 94 valence electrons. The molecule has 0 unspecified atom stereocenters. The molecule has 0 radical (unpaired) electrons. The number of hydrogen-bond acceptors (Lipinski definition) is 3. The molecule has 0 saturated heterocycles. The van der Waals surface area contributed by atoms with Gasteiger partial charge in [0.15, 0.2) is 0 Å². The van der Waals surface area contributed by atoms with Crippen LogP contribution in [0.25, 0.3) is 0 Å². The number of nitrogens with one attached hydrogen (secondary N) is 1. The third kappa shape index (κ3) is 5.47. The molecule has 2 N–H and O–H groups in total. The molecule has 4 heteroatoms. The first-order valence-corrected chi connectivity index (χ1v) is 5.59. The van der Waals surface area contributed by atoms with E-state index in [4.69, 9.17) is 9.94 Å². The standard InChI is InChI=1S/C13H19NO3/c1-13(2,3)17-14-11(12(15)16)9-10-7-5-4-6-8-10/h4-8,11,14H,9H2,1-3H3,(H,15,16)/t11-/m0/s1. The zero-order valence-electron chi connectivity index (χ0n) is 10.4. The number of benzene rings is 1. The van der Waals surface area contributed by atoms with Crippen molar-refractivity contribution in [2.24, 2.45) is 0 Å². The van der Waals surface area contributed by atoms with Gasteiger partial charge < -0.3 is 5.11 Å². The summed E-state index contributed by atoms with van der Waals surface area (Å²) in [5.74, 6) is -0.918. The van der Waals surface area contributed by atoms with Crippen LogP contribution in [0, 0.1) is 0 Å². The number of hydroxylamine groups is 1. The summed E-state index contributed by atoms with van der Waals surface area (Å²) in [5.41, 5.74) is 3.16. The third-order valence-corrected chi connectivity index (χ3v) is 2.09. The van der Waals surface area contributed by atoms with Gasteiger partial charge in [0.1, 0.15) is 6.04 Å². The molecule has 1 atom stereocenters. The van der Waals surface area contributed by atoms with Gasteiger partial charge in [0.05, 0.1) is 5.60 Å². The minimum absolute atomic E-state index is 0.395. The van der Waals surface area contributed by atoms with Crippen molar-refractivity contribution in [3.63, 3.8) is 0 Å². The van der Waals surface area contributed by atoms with Crippen molar-refractivity contribution in [3.8, 4) is 0 Å². The number of carboxylic acid groups (broad SMARTS) is 1. The Morgan fingerprint density at radius 3 is 2.41 bits per heavy atom. The summed E-state index contributed by atoms with van der Waals surface area (Å²) in [4.78, 5) is 16.4. The van der Waals surface area contributed by atoms with E-state index in [1.807, 2.05) is 51.1 Å². The molecule has 1 aromatic rings. The van der Waals surface area contributed by atoms with E-state index in [1.54, 1.807) is 0 Å². The SMILES string of the molecule is CC(C)(C)ON[C@@H](Cc1ccccc1)C(=O)O. The molecule has 1 rings (SSSR count). The lowest BCUT2D eigenvalue weighted by atomic mass is 10.1. The van der Waals surface area contributed by atoms with Gasteiger partial charge in [-0.25, -0.2) is 0 Å². The van der Waals surface area contributed by atoms with Gasteiger partial charge in [0, 0.05) is 6.42 Å². The van der Waals surface area contributed by atoms with Gasteiger partial charge >= 0.3 is 5.97 Å². The second-order valence-electron chi connectivity index (χ2n) is 4.91.